The first-order valence-electron chi connectivity index (χ1n) is 11.2. The van der Waals surface area contributed by atoms with E-state index >= 15 is 0 Å². The highest BCUT2D eigenvalue weighted by Crippen LogP contribution is 2.40. The van der Waals surface area contributed by atoms with Crippen LogP contribution >= 0.6 is 0 Å². The topological polar surface area (TPSA) is 147 Å². The van der Waals surface area contributed by atoms with Crippen molar-refractivity contribution in [1.82, 2.24) is 10.5 Å². The summed E-state index contributed by atoms with van der Waals surface area (Å²) in [5, 5.41) is 11.1. The van der Waals surface area contributed by atoms with Crippen LogP contribution in [-0.2, 0) is 32.4 Å². The highest BCUT2D eigenvalue weighted by molar-refractivity contribution is 7.92. The molecule has 1 aromatic heterocycles. The molecule has 0 saturated carbocycles. The van der Waals surface area contributed by atoms with Crippen molar-refractivity contribution < 1.29 is 45.9 Å². The molecule has 4 rings (SSSR count). The number of carbonyl (C=O) groups is 2. The minimum Gasteiger partial charge on any atom is -0.486 e. The van der Waals surface area contributed by atoms with Gasteiger partial charge >= 0.3 is 12.3 Å². The number of fused-ring (bicyclic) bond motifs is 1. The summed E-state index contributed by atoms with van der Waals surface area (Å²) in [6.07, 6.45) is -4.52. The molecule has 2 amide bonds. The molecule has 2 heterocycles. The van der Waals surface area contributed by atoms with Gasteiger partial charge in [-0.1, -0.05) is 12.1 Å². The number of hydroxylamine groups is 1. The smallest absolute Gasteiger partial charge is 0.416 e. The fraction of sp³-hybridized carbons (Fsp3) is 0.208. The molecule has 11 nitrogen and oxygen atoms in total. The van der Waals surface area contributed by atoms with Crippen molar-refractivity contribution in [3.63, 3.8) is 0 Å². The first-order chi connectivity index (χ1) is 18.4. The number of carboxylic acid groups (broad SMARTS) is 1. The molecule has 1 aliphatic rings. The number of nitrogens with zero attached hydrogens (tertiary/aromatic N) is 2. The van der Waals surface area contributed by atoms with E-state index in [0.717, 1.165) is 22.5 Å². The number of sulfonamides is 1. The average Bonchev–Trinajstić information content (AvgIpc) is 2.88. The maximum absolute atomic E-state index is 13.6. The second kappa shape index (κ2) is 11.2. The quantitative estimate of drug-likeness (QED) is 0.349. The lowest BCUT2D eigenvalue weighted by molar-refractivity contribution is -0.138. The predicted octanol–water partition coefficient (Wildman–Crippen LogP) is 3.78. The third kappa shape index (κ3) is 6.74. The van der Waals surface area contributed by atoms with Crippen molar-refractivity contribution in [2.75, 3.05) is 16.2 Å². The Morgan fingerprint density at radius 2 is 1.95 bits per heavy atom. The molecule has 0 saturated heterocycles. The number of anilines is 2. The summed E-state index contributed by atoms with van der Waals surface area (Å²) >= 11 is 0. The molecule has 3 aromatic rings. The molecule has 39 heavy (non-hydrogen) atoms. The predicted molar refractivity (Wildman–Crippen MR) is 130 cm³/mol. The minimum absolute atomic E-state index is 0.00547. The third-order valence-electron chi connectivity index (χ3n) is 5.45. The van der Waals surface area contributed by atoms with Crippen LogP contribution < -0.4 is 19.8 Å². The van der Waals surface area contributed by atoms with Gasteiger partial charge in [-0.25, -0.2) is 18.7 Å². The zero-order valence-electron chi connectivity index (χ0n) is 19.9. The van der Waals surface area contributed by atoms with Crippen LogP contribution in [0, 0.1) is 0 Å². The summed E-state index contributed by atoms with van der Waals surface area (Å²) in [4.78, 5) is 32.0. The minimum atomic E-state index is -4.79. The number of pyridine rings is 1. The van der Waals surface area contributed by atoms with Crippen LogP contribution in [0.15, 0.2) is 71.9 Å². The van der Waals surface area contributed by atoms with Gasteiger partial charge in [0, 0.05) is 18.1 Å². The van der Waals surface area contributed by atoms with Crippen molar-refractivity contribution in [1.29, 1.82) is 0 Å². The summed E-state index contributed by atoms with van der Waals surface area (Å²) < 4.78 is 73.5. The Balaban J connectivity index is 1.59. The van der Waals surface area contributed by atoms with Gasteiger partial charge in [0.05, 0.1) is 29.1 Å². The molecular formula is C24H21F3N4O7S. The van der Waals surface area contributed by atoms with Crippen molar-refractivity contribution in [3.8, 4) is 5.75 Å². The Bertz CT molecular complexity index is 1470. The van der Waals surface area contributed by atoms with E-state index in [2.05, 4.69) is 15.8 Å². The lowest BCUT2D eigenvalue weighted by atomic mass is 10.1. The molecule has 3 N–H and O–H groups in total. The van der Waals surface area contributed by atoms with Gasteiger partial charge in [0.25, 0.3) is 10.0 Å². The first-order valence-corrected chi connectivity index (χ1v) is 12.7. The molecule has 1 unspecified atom stereocenters. The van der Waals surface area contributed by atoms with Gasteiger partial charge in [0.1, 0.15) is 18.5 Å². The Morgan fingerprint density at radius 3 is 2.64 bits per heavy atom. The number of hydrogen-bond acceptors (Lipinski definition) is 7. The molecule has 0 radical (unpaired) electrons. The van der Waals surface area contributed by atoms with Gasteiger partial charge in [0.2, 0.25) is 5.91 Å². The molecule has 1 atom stereocenters. The lowest BCUT2D eigenvalue weighted by Crippen LogP contribution is -2.45. The van der Waals surface area contributed by atoms with Crippen LogP contribution in [-0.4, -0.2) is 43.2 Å². The standard InChI is InChI=1S/C24H21F3N4O7S/c25-24(26,27)16-4-1-5-19(9-16)39(35,36)31-13-18(11-22(32)30-37-14-15-3-2-8-28-12-15)38-21-7-6-17(10-20(21)31)29-23(33)34/h1-10,12,18,29H,11,13-14H2,(H,30,32)(H,33,34). The van der Waals surface area contributed by atoms with Gasteiger partial charge in [-0.2, -0.15) is 13.2 Å². The monoisotopic (exact) mass is 566 g/mol. The molecule has 1 aliphatic heterocycles. The van der Waals surface area contributed by atoms with Gasteiger partial charge < -0.3 is 9.84 Å². The number of ether oxygens (including phenoxy) is 1. The second-order valence-electron chi connectivity index (χ2n) is 8.29. The fourth-order valence-corrected chi connectivity index (χ4v) is 5.28. The number of halogens is 3. The van der Waals surface area contributed by atoms with E-state index in [1.54, 1.807) is 18.3 Å². The van der Waals surface area contributed by atoms with Gasteiger partial charge in [-0.3, -0.25) is 24.2 Å². The Labute approximate surface area is 220 Å². The first kappa shape index (κ1) is 27.7. The van der Waals surface area contributed by atoms with Crippen LogP contribution in [0.3, 0.4) is 0 Å². The highest BCUT2D eigenvalue weighted by Gasteiger charge is 2.37. The Morgan fingerprint density at radius 1 is 1.15 bits per heavy atom. The van der Waals surface area contributed by atoms with E-state index in [1.807, 2.05) is 0 Å². The number of benzene rings is 2. The molecule has 0 spiro atoms. The Hall–Kier alpha value is -4.37. The SMILES string of the molecule is O=C(O)Nc1ccc2c(c1)N(S(=O)(=O)c1cccc(C(F)(F)F)c1)CC(CC(=O)NOCc1cccnc1)O2. The number of carbonyl (C=O) groups excluding carboxylic acids is 1. The van der Waals surface area contributed by atoms with E-state index in [9.17, 15) is 31.2 Å². The summed E-state index contributed by atoms with van der Waals surface area (Å²) in [5.41, 5.74) is 1.62. The van der Waals surface area contributed by atoms with Crippen LogP contribution in [0.1, 0.15) is 17.5 Å². The van der Waals surface area contributed by atoms with E-state index in [0.29, 0.717) is 11.6 Å². The van der Waals surface area contributed by atoms with E-state index in [4.69, 9.17) is 14.7 Å². The number of aromatic nitrogens is 1. The third-order valence-corrected chi connectivity index (χ3v) is 7.23. The maximum atomic E-state index is 13.6. The normalized spacial score (nSPS) is 15.2. The summed E-state index contributed by atoms with van der Waals surface area (Å²) in [5.74, 6) is -0.672. The molecule has 15 heteroatoms. The van der Waals surface area contributed by atoms with Gasteiger partial charge in [-0.15, -0.1) is 0 Å². The van der Waals surface area contributed by atoms with Gasteiger partial charge in [0.15, 0.2) is 0 Å². The van der Waals surface area contributed by atoms with E-state index < -0.39 is 51.3 Å². The van der Waals surface area contributed by atoms with Gasteiger partial charge in [-0.05, 0) is 48.0 Å². The van der Waals surface area contributed by atoms with Crippen LogP contribution in [0.25, 0.3) is 0 Å². The largest absolute Gasteiger partial charge is 0.486 e. The number of rotatable bonds is 8. The second-order valence-corrected chi connectivity index (χ2v) is 10.2. The summed E-state index contributed by atoms with van der Waals surface area (Å²) in [6.45, 7) is -0.443. The van der Waals surface area contributed by atoms with E-state index in [1.165, 1.54) is 24.4 Å². The number of alkyl halides is 3. The summed E-state index contributed by atoms with van der Waals surface area (Å²) in [7, 11) is -4.62. The van der Waals surface area contributed by atoms with Crippen molar-refractivity contribution in [2.24, 2.45) is 0 Å². The van der Waals surface area contributed by atoms with E-state index in [-0.39, 0.29) is 30.2 Å². The summed E-state index contributed by atoms with van der Waals surface area (Å²) in [6, 6.07) is 10.4. The number of amides is 2. The molecular weight excluding hydrogens is 545 g/mol. The zero-order valence-corrected chi connectivity index (χ0v) is 20.7. The van der Waals surface area contributed by atoms with Crippen LogP contribution in [0.2, 0.25) is 0 Å². The molecule has 0 fully saturated rings. The number of nitrogens with one attached hydrogen (secondary N) is 2. The van der Waals surface area contributed by atoms with Crippen LogP contribution in [0.4, 0.5) is 29.3 Å². The zero-order chi connectivity index (χ0) is 28.2. The number of hydrogen-bond donors (Lipinski definition) is 3. The van der Waals surface area contributed by atoms with Crippen molar-refractivity contribution in [2.45, 2.75) is 30.2 Å². The molecule has 0 bridgehead atoms. The highest BCUT2D eigenvalue weighted by atomic mass is 32.2. The average molecular weight is 567 g/mol. The Kier molecular flexibility index (Phi) is 7.92. The maximum Gasteiger partial charge on any atom is 0.416 e. The molecule has 0 aliphatic carbocycles. The molecule has 2 aromatic carbocycles. The fourth-order valence-electron chi connectivity index (χ4n) is 3.74. The lowest BCUT2D eigenvalue weighted by Gasteiger charge is -2.35. The van der Waals surface area contributed by atoms with Crippen LogP contribution in [0.5, 0.6) is 5.75 Å². The van der Waals surface area contributed by atoms with Crippen molar-refractivity contribution >= 4 is 33.4 Å². The molecule has 206 valence electrons. The van der Waals surface area contributed by atoms with Crippen molar-refractivity contribution in [3.05, 3.63) is 78.1 Å².